The van der Waals surface area contributed by atoms with Crippen LogP contribution in [0.2, 0.25) is 0 Å². The van der Waals surface area contributed by atoms with Crippen LogP contribution >= 0.6 is 0 Å². The molecule has 1 heterocycles. The first kappa shape index (κ1) is 13.9. The van der Waals surface area contributed by atoms with Crippen LogP contribution in [0.5, 0.6) is 0 Å². The van der Waals surface area contributed by atoms with Gasteiger partial charge in [-0.2, -0.15) is 0 Å². The van der Waals surface area contributed by atoms with Gasteiger partial charge in [0, 0.05) is 38.3 Å². The average molecular weight is 227 g/mol. The molecule has 1 atom stereocenters. The van der Waals surface area contributed by atoms with E-state index in [2.05, 4.69) is 30.7 Å². The van der Waals surface area contributed by atoms with Crippen LogP contribution in [0.4, 0.5) is 0 Å². The zero-order valence-corrected chi connectivity index (χ0v) is 11.3. The molecule has 0 saturated carbocycles. The van der Waals surface area contributed by atoms with Gasteiger partial charge in [0.1, 0.15) is 0 Å². The number of hydrogen-bond acceptors (Lipinski definition) is 3. The lowest BCUT2D eigenvalue weighted by Crippen LogP contribution is -2.58. The van der Waals surface area contributed by atoms with Crippen LogP contribution in [0.3, 0.4) is 0 Å². The Morgan fingerprint density at radius 1 is 1.19 bits per heavy atom. The van der Waals surface area contributed by atoms with E-state index in [1.165, 1.54) is 38.8 Å². The SMILES string of the molecule is CCCC(CCC)N1CCN(C)CC1CN. The molecule has 3 heteroatoms. The topological polar surface area (TPSA) is 32.5 Å². The summed E-state index contributed by atoms with van der Waals surface area (Å²) in [7, 11) is 2.20. The van der Waals surface area contributed by atoms with Crippen molar-refractivity contribution in [2.24, 2.45) is 5.73 Å². The van der Waals surface area contributed by atoms with Gasteiger partial charge in [-0.05, 0) is 19.9 Å². The first-order chi connectivity index (χ1) is 7.72. The largest absolute Gasteiger partial charge is 0.329 e. The maximum atomic E-state index is 5.92. The van der Waals surface area contributed by atoms with Gasteiger partial charge in [-0.15, -0.1) is 0 Å². The minimum atomic E-state index is 0.571. The van der Waals surface area contributed by atoms with Gasteiger partial charge >= 0.3 is 0 Å². The summed E-state index contributed by atoms with van der Waals surface area (Å²) in [5, 5.41) is 0. The van der Waals surface area contributed by atoms with E-state index in [0.717, 1.165) is 19.1 Å². The molecule has 2 N–H and O–H groups in total. The van der Waals surface area contributed by atoms with E-state index >= 15 is 0 Å². The third kappa shape index (κ3) is 3.72. The Balaban J connectivity index is 2.58. The quantitative estimate of drug-likeness (QED) is 0.747. The second-order valence-electron chi connectivity index (χ2n) is 5.12. The van der Waals surface area contributed by atoms with Crippen LogP contribution in [-0.2, 0) is 0 Å². The van der Waals surface area contributed by atoms with E-state index in [1.54, 1.807) is 0 Å². The molecule has 0 aromatic rings. The molecule has 0 aromatic heterocycles. The standard InChI is InChI=1S/C13H29N3/c1-4-6-12(7-5-2)16-9-8-15(3)11-13(16)10-14/h12-13H,4-11,14H2,1-3H3. The van der Waals surface area contributed by atoms with Crippen molar-refractivity contribution in [3.63, 3.8) is 0 Å². The molecule has 0 amide bonds. The summed E-state index contributed by atoms with van der Waals surface area (Å²) >= 11 is 0. The van der Waals surface area contributed by atoms with E-state index in [4.69, 9.17) is 5.73 Å². The summed E-state index contributed by atoms with van der Waals surface area (Å²) in [6, 6.07) is 1.33. The summed E-state index contributed by atoms with van der Waals surface area (Å²) in [6.07, 6.45) is 5.23. The first-order valence-corrected chi connectivity index (χ1v) is 6.87. The Kier molecular flexibility index (Phi) is 6.32. The van der Waals surface area contributed by atoms with Crippen molar-refractivity contribution >= 4 is 0 Å². The highest BCUT2D eigenvalue weighted by atomic mass is 15.3. The maximum absolute atomic E-state index is 5.92. The monoisotopic (exact) mass is 227 g/mol. The van der Waals surface area contributed by atoms with Gasteiger partial charge in [0.15, 0.2) is 0 Å². The summed E-state index contributed by atoms with van der Waals surface area (Å²) in [6.45, 7) is 8.91. The Labute approximate surface area is 101 Å². The molecule has 1 rings (SSSR count). The minimum Gasteiger partial charge on any atom is -0.329 e. The molecule has 1 fully saturated rings. The Morgan fingerprint density at radius 2 is 1.81 bits per heavy atom. The van der Waals surface area contributed by atoms with Gasteiger partial charge in [0.05, 0.1) is 0 Å². The van der Waals surface area contributed by atoms with Crippen LogP contribution in [0.15, 0.2) is 0 Å². The van der Waals surface area contributed by atoms with Crippen LogP contribution in [0.25, 0.3) is 0 Å². The molecule has 0 radical (unpaired) electrons. The summed E-state index contributed by atoms with van der Waals surface area (Å²) < 4.78 is 0. The third-order valence-corrected chi connectivity index (χ3v) is 3.72. The molecule has 1 aliphatic rings. The van der Waals surface area contributed by atoms with Crippen molar-refractivity contribution < 1.29 is 0 Å². The zero-order chi connectivity index (χ0) is 12.0. The van der Waals surface area contributed by atoms with E-state index in [0.29, 0.717) is 6.04 Å². The fourth-order valence-corrected chi connectivity index (χ4v) is 2.86. The smallest absolute Gasteiger partial charge is 0.0349 e. The van der Waals surface area contributed by atoms with Crippen molar-refractivity contribution in [2.75, 3.05) is 33.2 Å². The molecule has 16 heavy (non-hydrogen) atoms. The number of rotatable bonds is 6. The molecule has 1 unspecified atom stereocenters. The Morgan fingerprint density at radius 3 is 2.31 bits per heavy atom. The van der Waals surface area contributed by atoms with Gasteiger partial charge in [-0.25, -0.2) is 0 Å². The second-order valence-corrected chi connectivity index (χ2v) is 5.12. The van der Waals surface area contributed by atoms with Crippen molar-refractivity contribution in [1.82, 2.24) is 9.80 Å². The highest BCUT2D eigenvalue weighted by molar-refractivity contribution is 4.86. The first-order valence-electron chi connectivity index (χ1n) is 6.87. The molecule has 1 saturated heterocycles. The van der Waals surface area contributed by atoms with Crippen molar-refractivity contribution in [3.8, 4) is 0 Å². The summed E-state index contributed by atoms with van der Waals surface area (Å²) in [5.74, 6) is 0. The normalized spacial score (nSPS) is 24.2. The van der Waals surface area contributed by atoms with Gasteiger partial charge in [-0.3, -0.25) is 4.90 Å². The lowest BCUT2D eigenvalue weighted by molar-refractivity contribution is 0.0485. The number of piperazine rings is 1. The summed E-state index contributed by atoms with van der Waals surface area (Å²) in [4.78, 5) is 5.08. The van der Waals surface area contributed by atoms with E-state index in [9.17, 15) is 0 Å². The lowest BCUT2D eigenvalue weighted by atomic mass is 10.0. The van der Waals surface area contributed by atoms with Crippen LogP contribution in [0, 0.1) is 0 Å². The van der Waals surface area contributed by atoms with Crippen molar-refractivity contribution in [3.05, 3.63) is 0 Å². The fraction of sp³-hybridized carbons (Fsp3) is 1.00. The predicted octanol–water partition coefficient (Wildman–Crippen LogP) is 1.53. The highest BCUT2D eigenvalue weighted by Gasteiger charge is 2.28. The van der Waals surface area contributed by atoms with E-state index in [-0.39, 0.29) is 0 Å². The second kappa shape index (κ2) is 7.25. The molecule has 0 bridgehead atoms. The molecular formula is C13H29N3. The molecule has 0 aliphatic carbocycles. The number of nitrogens with two attached hydrogens (primary N) is 1. The number of likely N-dealkylation sites (N-methyl/N-ethyl adjacent to an activating group) is 1. The molecule has 1 aliphatic heterocycles. The van der Waals surface area contributed by atoms with E-state index in [1.807, 2.05) is 0 Å². The Bertz CT molecular complexity index is 178. The zero-order valence-electron chi connectivity index (χ0n) is 11.3. The fourth-order valence-electron chi connectivity index (χ4n) is 2.86. The van der Waals surface area contributed by atoms with Crippen LogP contribution in [-0.4, -0.2) is 55.1 Å². The Hall–Kier alpha value is -0.120. The molecule has 3 nitrogen and oxygen atoms in total. The van der Waals surface area contributed by atoms with Gasteiger partial charge in [0.25, 0.3) is 0 Å². The molecule has 0 spiro atoms. The predicted molar refractivity (Wildman–Crippen MR) is 70.6 cm³/mol. The van der Waals surface area contributed by atoms with Gasteiger partial charge in [0.2, 0.25) is 0 Å². The highest BCUT2D eigenvalue weighted by Crippen LogP contribution is 2.19. The van der Waals surface area contributed by atoms with Crippen molar-refractivity contribution in [2.45, 2.75) is 51.6 Å². The van der Waals surface area contributed by atoms with Crippen LogP contribution in [0.1, 0.15) is 39.5 Å². The minimum absolute atomic E-state index is 0.571. The summed E-state index contributed by atoms with van der Waals surface area (Å²) in [5.41, 5.74) is 5.92. The van der Waals surface area contributed by atoms with E-state index < -0.39 is 0 Å². The number of nitrogens with zero attached hydrogens (tertiary/aromatic N) is 2. The lowest BCUT2D eigenvalue weighted by Gasteiger charge is -2.44. The number of hydrogen-bond donors (Lipinski definition) is 1. The maximum Gasteiger partial charge on any atom is 0.0349 e. The molecule has 0 aromatic carbocycles. The van der Waals surface area contributed by atoms with Crippen LogP contribution < -0.4 is 5.73 Å². The van der Waals surface area contributed by atoms with Gasteiger partial charge in [-0.1, -0.05) is 26.7 Å². The van der Waals surface area contributed by atoms with Crippen molar-refractivity contribution in [1.29, 1.82) is 0 Å². The third-order valence-electron chi connectivity index (χ3n) is 3.72. The molecule has 96 valence electrons. The van der Waals surface area contributed by atoms with Gasteiger partial charge < -0.3 is 10.6 Å². The average Bonchev–Trinajstić information content (AvgIpc) is 2.28. The molecular weight excluding hydrogens is 198 g/mol.